The van der Waals surface area contributed by atoms with E-state index in [4.69, 9.17) is 4.74 Å². The van der Waals surface area contributed by atoms with Crippen molar-refractivity contribution in [3.8, 4) is 6.01 Å². The van der Waals surface area contributed by atoms with Gasteiger partial charge in [0, 0.05) is 18.3 Å². The normalized spacial score (nSPS) is 21.8. The van der Waals surface area contributed by atoms with Gasteiger partial charge in [-0.3, -0.25) is 0 Å². The number of rotatable bonds is 7. The summed E-state index contributed by atoms with van der Waals surface area (Å²) >= 11 is 2.01. The third kappa shape index (κ3) is 4.13. The van der Waals surface area contributed by atoms with E-state index in [0.717, 1.165) is 13.0 Å². The van der Waals surface area contributed by atoms with Crippen molar-refractivity contribution in [2.75, 3.05) is 36.6 Å². The molecule has 112 valence electrons. The summed E-state index contributed by atoms with van der Waals surface area (Å²) in [6.07, 6.45) is 3.44. The molecule has 7 heteroatoms. The average molecular weight is 297 g/mol. The van der Waals surface area contributed by atoms with Crippen LogP contribution in [-0.4, -0.2) is 45.7 Å². The Morgan fingerprint density at radius 2 is 2.10 bits per heavy atom. The molecule has 1 aliphatic rings. The summed E-state index contributed by atoms with van der Waals surface area (Å²) in [7, 11) is 1.79. The lowest BCUT2D eigenvalue weighted by Gasteiger charge is -2.22. The number of anilines is 2. The summed E-state index contributed by atoms with van der Waals surface area (Å²) < 4.78 is 5.76. The van der Waals surface area contributed by atoms with Crippen LogP contribution in [0.4, 0.5) is 11.9 Å². The first-order valence-electron chi connectivity index (χ1n) is 7.10. The van der Waals surface area contributed by atoms with Gasteiger partial charge >= 0.3 is 6.01 Å². The van der Waals surface area contributed by atoms with E-state index in [2.05, 4.69) is 39.4 Å². The smallest absolute Gasteiger partial charge is 0.323 e. The number of ether oxygens (including phenoxy) is 1. The number of hydrogen-bond donors (Lipinski definition) is 2. The third-order valence-electron chi connectivity index (χ3n) is 3.19. The molecule has 0 saturated carbocycles. The standard InChI is InChI=1S/C13H23N5OS/c1-4-7-19-12-17-10(14-3)16-11(18-12)15-9-13(2)6-5-8-20-13/h4-9H2,1-3H3,(H2,14,15,16,17,18). The number of thioether (sulfide) groups is 1. The van der Waals surface area contributed by atoms with Crippen LogP contribution in [0.2, 0.25) is 0 Å². The van der Waals surface area contributed by atoms with Gasteiger partial charge in [-0.2, -0.15) is 26.7 Å². The van der Waals surface area contributed by atoms with Crippen molar-refractivity contribution in [3.05, 3.63) is 0 Å². The van der Waals surface area contributed by atoms with E-state index in [1.54, 1.807) is 7.05 Å². The minimum Gasteiger partial charge on any atom is -0.463 e. The molecule has 1 unspecified atom stereocenters. The third-order valence-corrected chi connectivity index (χ3v) is 4.73. The molecule has 2 N–H and O–H groups in total. The predicted molar refractivity (Wildman–Crippen MR) is 83.7 cm³/mol. The van der Waals surface area contributed by atoms with Crippen molar-refractivity contribution >= 4 is 23.7 Å². The van der Waals surface area contributed by atoms with Gasteiger partial charge in [-0.15, -0.1) is 0 Å². The maximum absolute atomic E-state index is 5.49. The molecule has 2 rings (SSSR count). The predicted octanol–water partition coefficient (Wildman–Crippen LogP) is 2.40. The zero-order valence-electron chi connectivity index (χ0n) is 12.4. The molecule has 0 bridgehead atoms. The van der Waals surface area contributed by atoms with Crippen molar-refractivity contribution in [2.45, 2.75) is 37.9 Å². The highest BCUT2D eigenvalue weighted by molar-refractivity contribution is 8.00. The zero-order chi connectivity index (χ0) is 14.4. The van der Waals surface area contributed by atoms with Crippen molar-refractivity contribution < 1.29 is 4.74 Å². The molecule has 1 aromatic rings. The molecule has 0 spiro atoms. The fourth-order valence-electron chi connectivity index (χ4n) is 2.05. The Morgan fingerprint density at radius 3 is 2.75 bits per heavy atom. The largest absolute Gasteiger partial charge is 0.463 e. The van der Waals surface area contributed by atoms with Gasteiger partial charge in [-0.1, -0.05) is 6.92 Å². The van der Waals surface area contributed by atoms with E-state index < -0.39 is 0 Å². The number of nitrogens with one attached hydrogen (secondary N) is 2. The van der Waals surface area contributed by atoms with Crippen LogP contribution < -0.4 is 15.4 Å². The highest BCUT2D eigenvalue weighted by Gasteiger charge is 2.29. The van der Waals surface area contributed by atoms with Crippen LogP contribution in [0.15, 0.2) is 0 Å². The number of hydrogen-bond acceptors (Lipinski definition) is 7. The zero-order valence-corrected chi connectivity index (χ0v) is 13.2. The van der Waals surface area contributed by atoms with Crippen LogP contribution in [0, 0.1) is 0 Å². The van der Waals surface area contributed by atoms with Crippen LogP contribution in [-0.2, 0) is 0 Å². The molecule has 1 aliphatic heterocycles. The Kier molecular flexibility index (Phi) is 5.28. The van der Waals surface area contributed by atoms with Crippen LogP contribution in [0.3, 0.4) is 0 Å². The SMILES string of the molecule is CCCOc1nc(NC)nc(NCC2(C)CCCS2)n1. The summed E-state index contributed by atoms with van der Waals surface area (Å²) in [5, 5.41) is 6.25. The minimum atomic E-state index is 0.275. The Hall–Kier alpha value is -1.24. The molecule has 1 saturated heterocycles. The summed E-state index contributed by atoms with van der Waals surface area (Å²) in [4.78, 5) is 12.8. The monoisotopic (exact) mass is 297 g/mol. The number of aromatic nitrogens is 3. The molecule has 1 fully saturated rings. The quantitative estimate of drug-likeness (QED) is 0.800. The van der Waals surface area contributed by atoms with Crippen LogP contribution in [0.1, 0.15) is 33.1 Å². The van der Waals surface area contributed by atoms with E-state index in [1.165, 1.54) is 18.6 Å². The van der Waals surface area contributed by atoms with Gasteiger partial charge in [0.05, 0.1) is 6.61 Å². The maximum Gasteiger partial charge on any atom is 0.323 e. The Morgan fingerprint density at radius 1 is 1.30 bits per heavy atom. The van der Waals surface area contributed by atoms with Crippen molar-refractivity contribution in [2.24, 2.45) is 0 Å². The fraction of sp³-hybridized carbons (Fsp3) is 0.769. The Balaban J connectivity index is 2.01. The van der Waals surface area contributed by atoms with Gasteiger partial charge in [-0.05, 0) is 31.9 Å². The molecular weight excluding hydrogens is 274 g/mol. The van der Waals surface area contributed by atoms with Gasteiger partial charge < -0.3 is 15.4 Å². The van der Waals surface area contributed by atoms with E-state index in [-0.39, 0.29) is 4.75 Å². The first-order valence-corrected chi connectivity index (χ1v) is 8.08. The van der Waals surface area contributed by atoms with E-state index in [9.17, 15) is 0 Å². The average Bonchev–Trinajstić information content (AvgIpc) is 2.90. The molecule has 0 amide bonds. The lowest BCUT2D eigenvalue weighted by molar-refractivity contribution is 0.292. The van der Waals surface area contributed by atoms with Crippen molar-refractivity contribution in [1.82, 2.24) is 15.0 Å². The second-order valence-electron chi connectivity index (χ2n) is 5.12. The Bertz CT molecular complexity index is 437. The van der Waals surface area contributed by atoms with Gasteiger partial charge in [0.2, 0.25) is 11.9 Å². The van der Waals surface area contributed by atoms with Gasteiger partial charge in [0.25, 0.3) is 0 Å². The molecule has 1 atom stereocenters. The highest BCUT2D eigenvalue weighted by atomic mass is 32.2. The van der Waals surface area contributed by atoms with Crippen LogP contribution in [0.5, 0.6) is 6.01 Å². The van der Waals surface area contributed by atoms with Crippen LogP contribution >= 0.6 is 11.8 Å². The summed E-state index contributed by atoms with van der Waals surface area (Å²) in [6.45, 7) is 5.81. The molecule has 1 aromatic heterocycles. The summed E-state index contributed by atoms with van der Waals surface area (Å²) in [5.74, 6) is 2.34. The first kappa shape index (κ1) is 15.2. The van der Waals surface area contributed by atoms with E-state index in [1.807, 2.05) is 11.8 Å². The minimum absolute atomic E-state index is 0.275. The Labute approximate surface area is 124 Å². The summed E-state index contributed by atoms with van der Waals surface area (Å²) in [6, 6.07) is 0.373. The van der Waals surface area contributed by atoms with Crippen LogP contribution in [0.25, 0.3) is 0 Å². The second kappa shape index (κ2) is 6.97. The highest BCUT2D eigenvalue weighted by Crippen LogP contribution is 2.37. The van der Waals surface area contributed by atoms with Gasteiger partial charge in [0.15, 0.2) is 0 Å². The molecular formula is C13H23N5OS. The molecule has 2 heterocycles. The van der Waals surface area contributed by atoms with E-state index in [0.29, 0.717) is 24.5 Å². The number of nitrogens with zero attached hydrogens (tertiary/aromatic N) is 3. The summed E-state index contributed by atoms with van der Waals surface area (Å²) in [5.41, 5.74) is 0. The van der Waals surface area contributed by atoms with Gasteiger partial charge in [-0.25, -0.2) is 0 Å². The molecule has 0 radical (unpaired) electrons. The lowest BCUT2D eigenvalue weighted by Crippen LogP contribution is -2.28. The topological polar surface area (TPSA) is 72.0 Å². The lowest BCUT2D eigenvalue weighted by atomic mass is 10.1. The second-order valence-corrected chi connectivity index (χ2v) is 6.80. The molecule has 6 nitrogen and oxygen atoms in total. The van der Waals surface area contributed by atoms with Crippen molar-refractivity contribution in [3.63, 3.8) is 0 Å². The molecule has 0 aromatic carbocycles. The maximum atomic E-state index is 5.49. The van der Waals surface area contributed by atoms with Crippen molar-refractivity contribution in [1.29, 1.82) is 0 Å². The van der Waals surface area contributed by atoms with Gasteiger partial charge in [0.1, 0.15) is 0 Å². The van der Waals surface area contributed by atoms with E-state index >= 15 is 0 Å². The fourth-order valence-corrected chi connectivity index (χ4v) is 3.29. The molecule has 20 heavy (non-hydrogen) atoms. The molecule has 0 aliphatic carbocycles. The first-order chi connectivity index (χ1) is 9.65.